The van der Waals surface area contributed by atoms with Gasteiger partial charge < -0.3 is 10.2 Å². The molecule has 0 aromatic heterocycles. The van der Waals surface area contributed by atoms with Crippen LogP contribution in [0.25, 0.3) is 0 Å². The van der Waals surface area contributed by atoms with Crippen molar-refractivity contribution in [2.75, 3.05) is 6.61 Å². The van der Waals surface area contributed by atoms with Gasteiger partial charge in [0.05, 0.1) is 6.61 Å². The molecule has 0 heterocycles. The SMILES string of the molecule is CCCOC(C)=O.Cc1ccccc1.[Na+].[OH-]. The fourth-order valence-corrected chi connectivity index (χ4v) is 0.780. The van der Waals surface area contributed by atoms with Gasteiger partial charge in [-0.05, 0) is 13.3 Å². The summed E-state index contributed by atoms with van der Waals surface area (Å²) in [6, 6.07) is 10.3. The summed E-state index contributed by atoms with van der Waals surface area (Å²) in [4.78, 5) is 9.98. The Kier molecular flexibility index (Phi) is 19.2. The average Bonchev–Trinajstić information content (AvgIpc) is 2.17. The molecular formula is C12H19NaO3. The molecule has 0 atom stereocenters. The third-order valence-corrected chi connectivity index (χ3v) is 1.45. The molecule has 0 amide bonds. The molecule has 0 spiro atoms. The van der Waals surface area contributed by atoms with Crippen LogP contribution in [0, 0.1) is 6.92 Å². The second-order valence-corrected chi connectivity index (χ2v) is 2.99. The summed E-state index contributed by atoms with van der Waals surface area (Å²) in [6.45, 7) is 6.01. The van der Waals surface area contributed by atoms with Crippen molar-refractivity contribution >= 4 is 5.97 Å². The molecule has 1 aromatic rings. The molecule has 0 unspecified atom stereocenters. The van der Waals surface area contributed by atoms with Crippen molar-refractivity contribution in [3.05, 3.63) is 35.9 Å². The Morgan fingerprint density at radius 1 is 1.25 bits per heavy atom. The molecule has 0 aliphatic heterocycles. The Bertz CT molecular complexity index is 250. The number of esters is 1. The van der Waals surface area contributed by atoms with Crippen molar-refractivity contribution in [3.8, 4) is 0 Å². The molecule has 4 heteroatoms. The first-order valence-corrected chi connectivity index (χ1v) is 4.81. The van der Waals surface area contributed by atoms with Crippen LogP contribution in [0.2, 0.25) is 0 Å². The molecule has 86 valence electrons. The smallest absolute Gasteiger partial charge is 0.870 e. The zero-order valence-corrected chi connectivity index (χ0v) is 12.6. The third-order valence-electron chi connectivity index (χ3n) is 1.45. The van der Waals surface area contributed by atoms with E-state index in [1.807, 2.05) is 25.1 Å². The van der Waals surface area contributed by atoms with E-state index in [0.717, 1.165) is 6.42 Å². The van der Waals surface area contributed by atoms with Gasteiger partial charge in [0.25, 0.3) is 0 Å². The van der Waals surface area contributed by atoms with E-state index in [0.29, 0.717) is 6.61 Å². The van der Waals surface area contributed by atoms with E-state index in [-0.39, 0.29) is 41.0 Å². The number of hydrogen-bond acceptors (Lipinski definition) is 3. The summed E-state index contributed by atoms with van der Waals surface area (Å²) >= 11 is 0. The number of rotatable bonds is 2. The molecule has 0 saturated carbocycles. The van der Waals surface area contributed by atoms with Crippen LogP contribution >= 0.6 is 0 Å². The maximum Gasteiger partial charge on any atom is 1.00 e. The minimum Gasteiger partial charge on any atom is -0.870 e. The van der Waals surface area contributed by atoms with Crippen LogP contribution in [0.4, 0.5) is 0 Å². The zero-order chi connectivity index (χ0) is 10.8. The molecule has 0 aliphatic carbocycles. The summed E-state index contributed by atoms with van der Waals surface area (Å²) in [5.74, 6) is -0.193. The Labute approximate surface area is 120 Å². The summed E-state index contributed by atoms with van der Waals surface area (Å²) in [5.41, 5.74) is 1.32. The van der Waals surface area contributed by atoms with Gasteiger partial charge in [-0.1, -0.05) is 42.8 Å². The van der Waals surface area contributed by atoms with Gasteiger partial charge in [0.2, 0.25) is 0 Å². The van der Waals surface area contributed by atoms with E-state index in [2.05, 4.69) is 23.8 Å². The van der Waals surface area contributed by atoms with E-state index in [1.54, 1.807) is 0 Å². The van der Waals surface area contributed by atoms with E-state index in [9.17, 15) is 4.79 Å². The monoisotopic (exact) mass is 234 g/mol. The van der Waals surface area contributed by atoms with Crippen molar-refractivity contribution in [1.82, 2.24) is 0 Å². The number of benzene rings is 1. The molecule has 0 fully saturated rings. The van der Waals surface area contributed by atoms with Gasteiger partial charge in [-0.2, -0.15) is 0 Å². The molecule has 3 nitrogen and oxygen atoms in total. The van der Waals surface area contributed by atoms with Gasteiger partial charge in [0.15, 0.2) is 0 Å². The fraction of sp³-hybridized carbons (Fsp3) is 0.417. The van der Waals surface area contributed by atoms with Crippen LogP contribution in [-0.4, -0.2) is 18.1 Å². The molecule has 0 radical (unpaired) electrons. The molecule has 0 saturated heterocycles. The fourth-order valence-electron chi connectivity index (χ4n) is 0.780. The van der Waals surface area contributed by atoms with Gasteiger partial charge in [0.1, 0.15) is 0 Å². The van der Waals surface area contributed by atoms with Gasteiger partial charge in [0, 0.05) is 6.92 Å². The Morgan fingerprint density at radius 3 is 1.94 bits per heavy atom. The minimum absolute atomic E-state index is 0. The van der Waals surface area contributed by atoms with Crippen molar-refractivity contribution in [2.45, 2.75) is 27.2 Å². The van der Waals surface area contributed by atoms with Crippen LogP contribution in [0.3, 0.4) is 0 Å². The topological polar surface area (TPSA) is 56.3 Å². The molecule has 0 aliphatic rings. The average molecular weight is 234 g/mol. The molecule has 0 bridgehead atoms. The van der Waals surface area contributed by atoms with Crippen molar-refractivity contribution in [3.63, 3.8) is 0 Å². The maximum absolute atomic E-state index is 9.98. The Balaban J connectivity index is -0.000000188. The summed E-state index contributed by atoms with van der Waals surface area (Å²) in [6.07, 6.45) is 0.902. The predicted molar refractivity (Wildman–Crippen MR) is 60.0 cm³/mol. The van der Waals surface area contributed by atoms with Gasteiger partial charge >= 0.3 is 35.5 Å². The van der Waals surface area contributed by atoms with Crippen LogP contribution in [0.15, 0.2) is 30.3 Å². The van der Waals surface area contributed by atoms with E-state index in [1.165, 1.54) is 12.5 Å². The van der Waals surface area contributed by atoms with Gasteiger partial charge in [-0.25, -0.2) is 0 Å². The van der Waals surface area contributed by atoms with Crippen molar-refractivity contribution in [2.24, 2.45) is 0 Å². The maximum atomic E-state index is 9.98. The first kappa shape index (κ1) is 21.0. The molecule has 1 rings (SSSR count). The zero-order valence-electron chi connectivity index (χ0n) is 10.6. The number of hydrogen-bond donors (Lipinski definition) is 0. The molecule has 1 N–H and O–H groups in total. The Hall–Kier alpha value is -0.350. The second-order valence-electron chi connectivity index (χ2n) is 2.99. The molecule has 16 heavy (non-hydrogen) atoms. The molecule has 1 aromatic carbocycles. The van der Waals surface area contributed by atoms with Gasteiger partial charge in [-0.15, -0.1) is 0 Å². The largest absolute Gasteiger partial charge is 1.00 e. The predicted octanol–water partition coefficient (Wildman–Crippen LogP) is -0.218. The first-order chi connectivity index (χ1) is 6.66. The van der Waals surface area contributed by atoms with Crippen molar-refractivity contribution < 1.29 is 44.6 Å². The first-order valence-electron chi connectivity index (χ1n) is 4.81. The van der Waals surface area contributed by atoms with Crippen LogP contribution < -0.4 is 29.6 Å². The van der Waals surface area contributed by atoms with Crippen molar-refractivity contribution in [1.29, 1.82) is 0 Å². The summed E-state index contributed by atoms with van der Waals surface area (Å²) in [5, 5.41) is 0. The Morgan fingerprint density at radius 2 is 1.75 bits per heavy atom. The van der Waals surface area contributed by atoms with Crippen LogP contribution in [0.1, 0.15) is 25.8 Å². The summed E-state index contributed by atoms with van der Waals surface area (Å²) < 4.78 is 4.55. The van der Waals surface area contributed by atoms with E-state index < -0.39 is 0 Å². The molecular weight excluding hydrogens is 215 g/mol. The number of ether oxygens (including phenoxy) is 1. The van der Waals surface area contributed by atoms with Crippen LogP contribution in [-0.2, 0) is 9.53 Å². The number of carbonyl (C=O) groups excluding carboxylic acids is 1. The normalized spacial score (nSPS) is 7.44. The number of carbonyl (C=O) groups is 1. The van der Waals surface area contributed by atoms with Crippen LogP contribution in [0.5, 0.6) is 0 Å². The second kappa shape index (κ2) is 14.6. The third kappa shape index (κ3) is 16.1. The van der Waals surface area contributed by atoms with E-state index >= 15 is 0 Å². The summed E-state index contributed by atoms with van der Waals surface area (Å²) in [7, 11) is 0. The quantitative estimate of drug-likeness (QED) is 0.525. The van der Waals surface area contributed by atoms with E-state index in [4.69, 9.17) is 0 Å². The van der Waals surface area contributed by atoms with Gasteiger partial charge in [-0.3, -0.25) is 4.79 Å². The minimum atomic E-state index is -0.193. The standard InChI is InChI=1S/C7H8.C5H10O2.Na.H2O/c1-7-5-3-2-4-6-7;1-3-4-7-5(2)6;;/h2-6H,1H3;3-4H2,1-2H3;;1H2/q;;+1;/p-1. The number of aryl methyl sites for hydroxylation is 1.